The summed E-state index contributed by atoms with van der Waals surface area (Å²) in [5, 5.41) is 10.9. The second-order valence-corrected chi connectivity index (χ2v) is 6.51. The van der Waals surface area contributed by atoms with E-state index >= 15 is 0 Å². The van der Waals surface area contributed by atoms with Gasteiger partial charge >= 0.3 is 5.97 Å². The van der Waals surface area contributed by atoms with E-state index in [1.807, 2.05) is 38.3 Å². The van der Waals surface area contributed by atoms with Gasteiger partial charge in [0.2, 0.25) is 5.91 Å². The van der Waals surface area contributed by atoms with E-state index in [0.717, 1.165) is 12.8 Å². The number of thiophene rings is 1. The fourth-order valence-electron chi connectivity index (χ4n) is 1.84. The van der Waals surface area contributed by atoms with Gasteiger partial charge in [-0.15, -0.1) is 11.3 Å². The smallest absolute Gasteiger partial charge is 0.323 e. The van der Waals surface area contributed by atoms with Gasteiger partial charge in [0.15, 0.2) is 0 Å². The first kappa shape index (κ1) is 15.7. The summed E-state index contributed by atoms with van der Waals surface area (Å²) in [6.45, 7) is 5.33. The second kappa shape index (κ2) is 6.70. The van der Waals surface area contributed by atoms with E-state index in [2.05, 4.69) is 0 Å². The van der Waals surface area contributed by atoms with Gasteiger partial charge in [0.25, 0.3) is 0 Å². The summed E-state index contributed by atoms with van der Waals surface area (Å²) in [6.07, 6.45) is 2.02. The van der Waals surface area contributed by atoms with Crippen LogP contribution in [0.15, 0.2) is 17.5 Å². The molecule has 19 heavy (non-hydrogen) atoms. The van der Waals surface area contributed by atoms with Gasteiger partial charge in [-0.2, -0.15) is 0 Å². The van der Waals surface area contributed by atoms with Gasteiger partial charge in [-0.1, -0.05) is 6.07 Å². The van der Waals surface area contributed by atoms with E-state index in [4.69, 9.17) is 5.11 Å². The Balaban J connectivity index is 2.50. The third kappa shape index (κ3) is 5.42. The van der Waals surface area contributed by atoms with Crippen LogP contribution in [0.25, 0.3) is 0 Å². The van der Waals surface area contributed by atoms with Gasteiger partial charge < -0.3 is 10.0 Å². The third-order valence-corrected chi connectivity index (χ3v) is 3.73. The van der Waals surface area contributed by atoms with Gasteiger partial charge in [0.05, 0.1) is 0 Å². The molecule has 0 atom stereocenters. The Hall–Kier alpha value is -1.36. The minimum Gasteiger partial charge on any atom is -0.480 e. The number of rotatable bonds is 6. The number of hydrogen-bond donors (Lipinski definition) is 1. The van der Waals surface area contributed by atoms with E-state index in [1.165, 1.54) is 9.78 Å². The molecule has 0 unspecified atom stereocenters. The molecule has 0 aliphatic carbocycles. The molecule has 0 spiro atoms. The molecule has 1 amide bonds. The summed E-state index contributed by atoms with van der Waals surface area (Å²) in [6, 6.07) is 4.04. The van der Waals surface area contributed by atoms with Gasteiger partial charge in [-0.05, 0) is 45.1 Å². The maximum Gasteiger partial charge on any atom is 0.323 e. The van der Waals surface area contributed by atoms with Crippen LogP contribution in [0.5, 0.6) is 0 Å². The minimum atomic E-state index is -0.971. The number of carboxylic acid groups (broad SMARTS) is 1. The normalized spacial score (nSPS) is 11.3. The van der Waals surface area contributed by atoms with Crippen molar-refractivity contribution >= 4 is 23.2 Å². The molecule has 0 aliphatic rings. The lowest BCUT2D eigenvalue weighted by atomic mass is 10.0. The Morgan fingerprint density at radius 1 is 1.37 bits per heavy atom. The highest BCUT2D eigenvalue weighted by molar-refractivity contribution is 7.09. The highest BCUT2D eigenvalue weighted by atomic mass is 32.1. The summed E-state index contributed by atoms with van der Waals surface area (Å²) >= 11 is 1.68. The van der Waals surface area contributed by atoms with Crippen molar-refractivity contribution in [3.05, 3.63) is 22.4 Å². The predicted molar refractivity (Wildman–Crippen MR) is 76.4 cm³/mol. The van der Waals surface area contributed by atoms with Gasteiger partial charge in [0.1, 0.15) is 6.54 Å². The van der Waals surface area contributed by atoms with Crippen LogP contribution < -0.4 is 0 Å². The second-order valence-electron chi connectivity index (χ2n) is 5.48. The fraction of sp³-hybridized carbons (Fsp3) is 0.571. The lowest BCUT2D eigenvalue weighted by Crippen LogP contribution is -2.48. The van der Waals surface area contributed by atoms with Gasteiger partial charge in [-0.25, -0.2) is 0 Å². The fourth-order valence-corrected chi connectivity index (χ4v) is 2.59. The molecule has 1 N–H and O–H groups in total. The van der Waals surface area contributed by atoms with E-state index in [0.29, 0.717) is 6.42 Å². The van der Waals surface area contributed by atoms with Crippen molar-refractivity contribution in [2.24, 2.45) is 0 Å². The van der Waals surface area contributed by atoms with Crippen LogP contribution in [-0.2, 0) is 16.0 Å². The number of aliphatic carboxylic acids is 1. The van der Waals surface area contributed by atoms with Crippen LogP contribution in [0, 0.1) is 0 Å². The molecule has 0 fully saturated rings. The molecule has 0 radical (unpaired) electrons. The molecular weight excluding hydrogens is 262 g/mol. The van der Waals surface area contributed by atoms with Crippen molar-refractivity contribution in [1.29, 1.82) is 0 Å². The predicted octanol–water partition coefficient (Wildman–Crippen LogP) is 2.78. The lowest BCUT2D eigenvalue weighted by molar-refractivity contribution is -0.148. The first-order chi connectivity index (χ1) is 8.80. The average Bonchev–Trinajstić information content (AvgIpc) is 2.77. The Morgan fingerprint density at radius 3 is 2.53 bits per heavy atom. The van der Waals surface area contributed by atoms with E-state index in [9.17, 15) is 9.59 Å². The van der Waals surface area contributed by atoms with Crippen LogP contribution in [0.4, 0.5) is 0 Å². The van der Waals surface area contributed by atoms with Crippen LogP contribution in [0.2, 0.25) is 0 Å². The summed E-state index contributed by atoms with van der Waals surface area (Å²) < 4.78 is 0. The maximum atomic E-state index is 12.1. The molecule has 5 heteroatoms. The van der Waals surface area contributed by atoms with Gasteiger partial charge in [-0.3, -0.25) is 9.59 Å². The number of carboxylic acids is 1. The van der Waals surface area contributed by atoms with Crippen molar-refractivity contribution in [2.75, 3.05) is 6.54 Å². The molecule has 0 aromatic carbocycles. The van der Waals surface area contributed by atoms with Crippen molar-refractivity contribution in [2.45, 2.75) is 45.6 Å². The standard InChI is InChI=1S/C14H21NO3S/c1-14(2,3)15(10-13(17)18)12(16)8-4-6-11-7-5-9-19-11/h5,7,9H,4,6,8,10H2,1-3H3,(H,17,18). The van der Waals surface area contributed by atoms with Crippen molar-refractivity contribution < 1.29 is 14.7 Å². The Bertz CT molecular complexity index is 420. The number of carbonyl (C=O) groups is 2. The molecule has 1 heterocycles. The quantitative estimate of drug-likeness (QED) is 0.873. The van der Waals surface area contributed by atoms with E-state index in [-0.39, 0.29) is 12.5 Å². The van der Waals surface area contributed by atoms with Gasteiger partial charge in [0, 0.05) is 16.8 Å². The summed E-state index contributed by atoms with van der Waals surface area (Å²) in [4.78, 5) is 25.6. The van der Waals surface area contributed by atoms with Crippen LogP contribution >= 0.6 is 11.3 Å². The monoisotopic (exact) mass is 283 g/mol. The summed E-state index contributed by atoms with van der Waals surface area (Å²) in [5.41, 5.74) is -0.460. The van der Waals surface area contributed by atoms with Crippen LogP contribution in [0.1, 0.15) is 38.5 Å². The zero-order valence-corrected chi connectivity index (χ0v) is 12.5. The minimum absolute atomic E-state index is 0.0912. The molecule has 0 saturated heterocycles. The molecule has 0 bridgehead atoms. The Kier molecular flexibility index (Phi) is 5.54. The number of carbonyl (C=O) groups excluding carboxylic acids is 1. The molecule has 0 aliphatic heterocycles. The number of aryl methyl sites for hydroxylation is 1. The molecule has 106 valence electrons. The zero-order valence-electron chi connectivity index (χ0n) is 11.7. The Morgan fingerprint density at radius 2 is 2.05 bits per heavy atom. The molecular formula is C14H21NO3S. The highest BCUT2D eigenvalue weighted by Gasteiger charge is 2.27. The number of amides is 1. The SMILES string of the molecule is CC(C)(C)N(CC(=O)O)C(=O)CCCc1cccs1. The first-order valence-electron chi connectivity index (χ1n) is 6.35. The van der Waals surface area contributed by atoms with E-state index < -0.39 is 11.5 Å². The Labute approximate surface area is 118 Å². The van der Waals surface area contributed by atoms with Crippen molar-refractivity contribution in [3.63, 3.8) is 0 Å². The summed E-state index contributed by atoms with van der Waals surface area (Å²) in [5.74, 6) is -1.06. The molecule has 4 nitrogen and oxygen atoms in total. The first-order valence-corrected chi connectivity index (χ1v) is 7.23. The third-order valence-electron chi connectivity index (χ3n) is 2.80. The van der Waals surface area contributed by atoms with Crippen molar-refractivity contribution in [3.8, 4) is 0 Å². The lowest BCUT2D eigenvalue weighted by Gasteiger charge is -2.34. The topological polar surface area (TPSA) is 57.6 Å². The highest BCUT2D eigenvalue weighted by Crippen LogP contribution is 2.17. The number of hydrogen-bond acceptors (Lipinski definition) is 3. The largest absolute Gasteiger partial charge is 0.480 e. The molecule has 1 rings (SSSR count). The van der Waals surface area contributed by atoms with Crippen LogP contribution in [-0.4, -0.2) is 34.0 Å². The van der Waals surface area contributed by atoms with Crippen LogP contribution in [0.3, 0.4) is 0 Å². The maximum absolute atomic E-state index is 12.1. The van der Waals surface area contributed by atoms with E-state index in [1.54, 1.807) is 11.3 Å². The summed E-state index contributed by atoms with van der Waals surface area (Å²) in [7, 11) is 0. The molecule has 1 aromatic rings. The average molecular weight is 283 g/mol. The zero-order chi connectivity index (χ0) is 14.5. The molecule has 1 aromatic heterocycles. The molecule has 0 saturated carbocycles. The number of nitrogens with zero attached hydrogens (tertiary/aromatic N) is 1. The van der Waals surface area contributed by atoms with Crippen molar-refractivity contribution in [1.82, 2.24) is 4.90 Å².